The monoisotopic (exact) mass is 282 g/mol. The number of para-hydroxylation sites is 1. The van der Waals surface area contributed by atoms with Gasteiger partial charge in [-0.3, -0.25) is 0 Å². The number of nitrogens with zero attached hydrogens (tertiary/aromatic N) is 1. The van der Waals surface area contributed by atoms with E-state index in [-0.39, 0.29) is 0 Å². The molecule has 0 unspecified atom stereocenters. The first kappa shape index (κ1) is 14.4. The number of hydrogen-bond donors (Lipinski definition) is 1. The van der Waals surface area contributed by atoms with Crippen LogP contribution in [0.2, 0.25) is 0 Å². The highest BCUT2D eigenvalue weighted by molar-refractivity contribution is 5.40. The summed E-state index contributed by atoms with van der Waals surface area (Å²) in [6, 6.07) is 13.0. The minimum absolute atomic E-state index is 0.905. The average molecular weight is 282 g/mol. The van der Waals surface area contributed by atoms with Gasteiger partial charge in [0.1, 0.15) is 0 Å². The topological polar surface area (TPSA) is 17.0 Å². The second-order valence-corrected chi connectivity index (χ2v) is 6.35. The van der Waals surface area contributed by atoms with Crippen LogP contribution < -0.4 is 5.32 Å². The fourth-order valence-corrected chi connectivity index (χ4v) is 3.61. The maximum Gasteiger partial charge on any atom is 0.0455 e. The van der Waals surface area contributed by atoms with Crippen molar-refractivity contribution in [1.29, 1.82) is 0 Å². The maximum atomic E-state index is 3.66. The Bertz CT molecular complexity index is 577. The molecule has 0 saturated heterocycles. The van der Waals surface area contributed by atoms with Crippen LogP contribution >= 0.6 is 0 Å². The third-order valence-electron chi connectivity index (χ3n) is 4.77. The van der Waals surface area contributed by atoms with Gasteiger partial charge in [0.05, 0.1) is 0 Å². The smallest absolute Gasteiger partial charge is 0.0455 e. The summed E-state index contributed by atoms with van der Waals surface area (Å²) >= 11 is 0. The van der Waals surface area contributed by atoms with Crippen molar-refractivity contribution in [3.8, 4) is 5.69 Å². The summed E-state index contributed by atoms with van der Waals surface area (Å²) in [6.45, 7) is 6.59. The minimum Gasteiger partial charge on any atom is -0.318 e. The zero-order chi connectivity index (χ0) is 14.7. The lowest BCUT2D eigenvalue weighted by Gasteiger charge is -2.12. The average Bonchev–Trinajstić information content (AvgIpc) is 3.09. The zero-order valence-corrected chi connectivity index (χ0v) is 13.2. The van der Waals surface area contributed by atoms with Crippen molar-refractivity contribution in [3.63, 3.8) is 0 Å². The quantitative estimate of drug-likeness (QED) is 0.861. The Balaban J connectivity index is 1.69. The van der Waals surface area contributed by atoms with Crippen molar-refractivity contribution < 1.29 is 0 Å². The Morgan fingerprint density at radius 2 is 1.81 bits per heavy atom. The first-order chi connectivity index (χ1) is 10.3. The highest BCUT2D eigenvalue weighted by Gasteiger charge is 2.15. The van der Waals surface area contributed by atoms with Crippen molar-refractivity contribution in [2.75, 3.05) is 6.54 Å². The van der Waals surface area contributed by atoms with Gasteiger partial charge in [-0.15, -0.1) is 0 Å². The largest absolute Gasteiger partial charge is 0.318 e. The summed E-state index contributed by atoms with van der Waals surface area (Å²) in [5.74, 6) is 0.905. The van der Waals surface area contributed by atoms with Gasteiger partial charge in [-0.05, 0) is 62.9 Å². The molecular weight excluding hydrogens is 256 g/mol. The van der Waals surface area contributed by atoms with Crippen molar-refractivity contribution >= 4 is 0 Å². The standard InChI is InChI=1S/C19H26N2/c1-15-12-18(14-20-13-17-8-6-7-9-17)16(2)21(15)19-10-4-3-5-11-19/h3-5,10-12,17,20H,6-9,13-14H2,1-2H3. The van der Waals surface area contributed by atoms with Gasteiger partial charge in [0.15, 0.2) is 0 Å². The summed E-state index contributed by atoms with van der Waals surface area (Å²) in [7, 11) is 0. The van der Waals surface area contributed by atoms with Crippen LogP contribution in [0.3, 0.4) is 0 Å². The molecule has 0 spiro atoms. The molecule has 2 heteroatoms. The van der Waals surface area contributed by atoms with Gasteiger partial charge in [-0.1, -0.05) is 31.0 Å². The molecular formula is C19H26N2. The van der Waals surface area contributed by atoms with Gasteiger partial charge in [0.25, 0.3) is 0 Å². The van der Waals surface area contributed by atoms with Crippen LogP contribution in [0.25, 0.3) is 5.69 Å². The summed E-state index contributed by atoms with van der Waals surface area (Å²) in [5.41, 5.74) is 5.36. The summed E-state index contributed by atoms with van der Waals surface area (Å²) in [4.78, 5) is 0. The van der Waals surface area contributed by atoms with Crippen molar-refractivity contribution in [3.05, 3.63) is 53.3 Å². The van der Waals surface area contributed by atoms with Gasteiger partial charge in [-0.25, -0.2) is 0 Å². The SMILES string of the molecule is Cc1cc(CNCC2CCCC2)c(C)n1-c1ccccc1. The van der Waals surface area contributed by atoms with Crippen molar-refractivity contribution in [1.82, 2.24) is 9.88 Å². The molecule has 1 aliphatic carbocycles. The fourth-order valence-electron chi connectivity index (χ4n) is 3.61. The van der Waals surface area contributed by atoms with Crippen LogP contribution in [0.1, 0.15) is 42.6 Å². The van der Waals surface area contributed by atoms with E-state index in [0.29, 0.717) is 0 Å². The van der Waals surface area contributed by atoms with E-state index in [4.69, 9.17) is 0 Å². The third kappa shape index (κ3) is 3.21. The Morgan fingerprint density at radius 1 is 1.10 bits per heavy atom. The molecule has 3 rings (SSSR count). The van der Waals surface area contributed by atoms with Gasteiger partial charge in [0, 0.05) is 23.6 Å². The van der Waals surface area contributed by atoms with Crippen LogP contribution in [0.4, 0.5) is 0 Å². The van der Waals surface area contributed by atoms with E-state index >= 15 is 0 Å². The molecule has 1 aromatic carbocycles. The number of benzene rings is 1. The minimum atomic E-state index is 0.905. The predicted octanol–water partition coefficient (Wildman–Crippen LogP) is 4.37. The first-order valence-corrected chi connectivity index (χ1v) is 8.19. The van der Waals surface area contributed by atoms with E-state index < -0.39 is 0 Å². The number of nitrogens with one attached hydrogen (secondary N) is 1. The fraction of sp³-hybridized carbons (Fsp3) is 0.474. The second-order valence-electron chi connectivity index (χ2n) is 6.35. The predicted molar refractivity (Wildman–Crippen MR) is 88.9 cm³/mol. The lowest BCUT2D eigenvalue weighted by Crippen LogP contribution is -2.21. The summed E-state index contributed by atoms with van der Waals surface area (Å²) < 4.78 is 2.35. The van der Waals surface area contributed by atoms with Crippen LogP contribution in [0.5, 0.6) is 0 Å². The molecule has 0 bridgehead atoms. The van der Waals surface area contributed by atoms with Crippen LogP contribution in [0, 0.1) is 19.8 Å². The molecule has 2 aromatic rings. The molecule has 0 amide bonds. The molecule has 0 atom stereocenters. The van der Waals surface area contributed by atoms with Crippen LogP contribution in [-0.4, -0.2) is 11.1 Å². The van der Waals surface area contributed by atoms with Gasteiger partial charge < -0.3 is 9.88 Å². The molecule has 0 aliphatic heterocycles. The molecule has 1 aromatic heterocycles. The highest BCUT2D eigenvalue weighted by Crippen LogP contribution is 2.24. The van der Waals surface area contributed by atoms with E-state index in [0.717, 1.165) is 12.5 Å². The first-order valence-electron chi connectivity index (χ1n) is 8.19. The third-order valence-corrected chi connectivity index (χ3v) is 4.77. The molecule has 2 nitrogen and oxygen atoms in total. The molecule has 1 saturated carbocycles. The van der Waals surface area contributed by atoms with Gasteiger partial charge in [-0.2, -0.15) is 0 Å². The van der Waals surface area contributed by atoms with E-state index in [1.165, 1.54) is 54.9 Å². The van der Waals surface area contributed by atoms with Crippen molar-refractivity contribution in [2.24, 2.45) is 5.92 Å². The van der Waals surface area contributed by atoms with E-state index in [1.807, 2.05) is 0 Å². The maximum absolute atomic E-state index is 3.66. The Kier molecular flexibility index (Phi) is 4.45. The molecule has 112 valence electrons. The highest BCUT2D eigenvalue weighted by atomic mass is 15.0. The normalized spacial score (nSPS) is 15.7. The Hall–Kier alpha value is -1.54. The van der Waals surface area contributed by atoms with Crippen molar-refractivity contribution in [2.45, 2.75) is 46.1 Å². The van der Waals surface area contributed by atoms with Crippen LogP contribution in [0.15, 0.2) is 36.4 Å². The van der Waals surface area contributed by atoms with E-state index in [1.54, 1.807) is 0 Å². The lowest BCUT2D eigenvalue weighted by molar-refractivity contribution is 0.489. The summed E-state index contributed by atoms with van der Waals surface area (Å²) in [6.07, 6.45) is 5.68. The Morgan fingerprint density at radius 3 is 2.52 bits per heavy atom. The lowest BCUT2D eigenvalue weighted by atomic mass is 10.1. The van der Waals surface area contributed by atoms with E-state index in [2.05, 4.69) is 60.1 Å². The molecule has 1 heterocycles. The molecule has 1 aliphatic rings. The number of aromatic nitrogens is 1. The summed E-state index contributed by atoms with van der Waals surface area (Å²) in [5, 5.41) is 3.66. The second kappa shape index (κ2) is 6.48. The van der Waals surface area contributed by atoms with Crippen LogP contribution in [-0.2, 0) is 6.54 Å². The zero-order valence-electron chi connectivity index (χ0n) is 13.2. The molecule has 21 heavy (non-hydrogen) atoms. The number of hydrogen-bond acceptors (Lipinski definition) is 1. The van der Waals surface area contributed by atoms with E-state index in [9.17, 15) is 0 Å². The molecule has 1 N–H and O–H groups in total. The van der Waals surface area contributed by atoms with Gasteiger partial charge >= 0.3 is 0 Å². The number of rotatable bonds is 5. The number of aryl methyl sites for hydroxylation is 1. The van der Waals surface area contributed by atoms with Gasteiger partial charge in [0.2, 0.25) is 0 Å². The Labute approximate surface area is 128 Å². The molecule has 0 radical (unpaired) electrons. The molecule has 1 fully saturated rings.